The molecule has 0 radical (unpaired) electrons. The molecule has 0 saturated heterocycles. The molecule has 0 spiro atoms. The summed E-state index contributed by atoms with van der Waals surface area (Å²) in [5, 5.41) is 5.57. The van der Waals surface area contributed by atoms with Crippen molar-refractivity contribution in [2.45, 2.75) is 15.7 Å². The second kappa shape index (κ2) is 6.39. The van der Waals surface area contributed by atoms with Crippen molar-refractivity contribution >= 4 is 88.9 Å². The van der Waals surface area contributed by atoms with Crippen molar-refractivity contribution < 1.29 is 4.42 Å². The Labute approximate surface area is 181 Å². The van der Waals surface area contributed by atoms with Crippen LogP contribution in [-0.4, -0.2) is 79.7 Å². The minimum atomic E-state index is -0.375. The molecule has 4 rings (SSSR count). The van der Waals surface area contributed by atoms with Crippen molar-refractivity contribution in [3.05, 3.63) is 24.5 Å². The molecule has 0 amide bonds. The molecule has 144 valence electrons. The van der Waals surface area contributed by atoms with Crippen LogP contribution in [0.4, 0.5) is 11.8 Å². The van der Waals surface area contributed by atoms with Crippen molar-refractivity contribution in [2.75, 3.05) is 11.5 Å². The Morgan fingerprint density at radius 1 is 0.933 bits per heavy atom. The molecule has 3 heterocycles. The van der Waals surface area contributed by atoms with Gasteiger partial charge in [-0.25, -0.2) is 9.97 Å². The van der Waals surface area contributed by atoms with E-state index >= 15 is 0 Å². The molecule has 1 aromatic carbocycles. The van der Waals surface area contributed by atoms with Crippen LogP contribution in [0, 0.1) is 0 Å². The summed E-state index contributed by atoms with van der Waals surface area (Å²) in [5.41, 5.74) is 15.2. The average molecular weight is 392 g/mol. The number of hydrogen-bond acceptors (Lipinski definition) is 7. The molecule has 0 aliphatic heterocycles. The van der Waals surface area contributed by atoms with Crippen molar-refractivity contribution in [3.8, 4) is 11.3 Å². The normalized spacial score (nSPS) is 13.2. The van der Waals surface area contributed by atoms with E-state index in [-0.39, 0.29) is 21.7 Å². The number of nitrogens with two attached hydrogens (primary N) is 2. The number of nitrogen functional groups attached to an aromatic ring is 2. The van der Waals surface area contributed by atoms with Crippen molar-refractivity contribution in [1.29, 1.82) is 0 Å². The van der Waals surface area contributed by atoms with Crippen LogP contribution in [0.1, 0.15) is 0 Å². The zero-order chi connectivity index (χ0) is 22.1. The molecular formula is C15H22B7N7O. The van der Waals surface area contributed by atoms with E-state index in [0.29, 0.717) is 28.3 Å². The fourth-order valence-electron chi connectivity index (χ4n) is 4.34. The minimum Gasteiger partial charge on any atom is -0.424 e. The molecule has 15 heteroatoms. The summed E-state index contributed by atoms with van der Waals surface area (Å²) in [6, 6.07) is 5.80. The third kappa shape index (κ3) is 2.86. The van der Waals surface area contributed by atoms with Gasteiger partial charge >= 0.3 is 0 Å². The second-order valence-electron chi connectivity index (χ2n) is 10.0. The summed E-state index contributed by atoms with van der Waals surface area (Å²) in [6.07, 6.45) is 1.49. The van der Waals surface area contributed by atoms with Crippen molar-refractivity contribution in [2.24, 2.45) is 0 Å². The zero-order valence-corrected chi connectivity index (χ0v) is 18.6. The Kier molecular flexibility index (Phi) is 4.38. The molecule has 3 aromatic heterocycles. The molecule has 0 atom stereocenters. The van der Waals surface area contributed by atoms with E-state index in [9.17, 15) is 0 Å². The van der Waals surface area contributed by atoms with Crippen LogP contribution in [0.25, 0.3) is 33.4 Å². The lowest BCUT2D eigenvalue weighted by Gasteiger charge is -2.53. The zero-order valence-electron chi connectivity index (χ0n) is 18.6. The quantitative estimate of drug-likeness (QED) is 0.334. The predicted molar refractivity (Wildman–Crippen MR) is 140 cm³/mol. The molecule has 4 aromatic rings. The maximum Gasteiger partial charge on any atom is 0.292 e. The van der Waals surface area contributed by atoms with Crippen LogP contribution in [-0.2, 0) is 5.44 Å². The topological polar surface area (TPSA) is 122 Å². The van der Waals surface area contributed by atoms with Gasteiger partial charge in [-0.15, -0.1) is 0 Å². The maximum atomic E-state index is 6.33. The third-order valence-electron chi connectivity index (χ3n) is 6.52. The highest BCUT2D eigenvalue weighted by Crippen LogP contribution is 2.48. The average Bonchev–Trinajstić information content (AvgIpc) is 3.19. The Bertz CT molecular complexity index is 1260. The highest BCUT2D eigenvalue weighted by atomic mass is 16.4. The number of anilines is 2. The van der Waals surface area contributed by atoms with Crippen LogP contribution in [0.2, 0.25) is 10.2 Å². The summed E-state index contributed by atoms with van der Waals surface area (Å²) >= 11 is 0. The van der Waals surface area contributed by atoms with Crippen molar-refractivity contribution in [3.63, 3.8) is 0 Å². The number of fused-ring (bicyclic) bond motifs is 2. The van der Waals surface area contributed by atoms with Crippen LogP contribution >= 0.6 is 0 Å². The summed E-state index contributed by atoms with van der Waals surface area (Å²) in [6.45, 7) is 0. The lowest BCUT2D eigenvalue weighted by atomic mass is 9.18. The van der Waals surface area contributed by atoms with Crippen LogP contribution in [0.15, 0.2) is 28.9 Å². The molecule has 30 heavy (non-hydrogen) atoms. The van der Waals surface area contributed by atoms with Gasteiger partial charge in [-0.3, -0.25) is 4.68 Å². The number of nitrogens with zero attached hydrogens (tertiary/aromatic N) is 5. The standard InChI is InChI=1S/C15H22B7N7O/c16-13(14(17,18)19,15(20,21)22)29-11-8(10(23)25-4-26-11)9(28-29)5-1-2-7-6(3-5)27-12(24)30-7/h1-4H,16-22H2,(H2,24,27)(H2,23,25,26). The number of aromatic nitrogens is 5. The van der Waals surface area contributed by atoms with E-state index in [0.717, 1.165) is 10.9 Å². The molecule has 0 aliphatic carbocycles. The summed E-state index contributed by atoms with van der Waals surface area (Å²) in [4.78, 5) is 13.1. The predicted octanol–water partition coefficient (Wildman–Crippen LogP) is -4.97. The van der Waals surface area contributed by atoms with Gasteiger partial charge < -0.3 is 15.9 Å². The van der Waals surface area contributed by atoms with Gasteiger partial charge in [0, 0.05) is 11.0 Å². The molecule has 0 saturated carbocycles. The summed E-state index contributed by atoms with van der Waals surface area (Å²) < 4.78 is 7.44. The monoisotopic (exact) mass is 393 g/mol. The number of oxazole rings is 1. The Hall–Kier alpha value is -2.71. The Morgan fingerprint density at radius 2 is 1.60 bits per heavy atom. The van der Waals surface area contributed by atoms with Gasteiger partial charge in [0.25, 0.3) is 6.01 Å². The smallest absolute Gasteiger partial charge is 0.292 e. The van der Waals surface area contributed by atoms with E-state index in [1.807, 2.05) is 22.9 Å². The van der Waals surface area contributed by atoms with Gasteiger partial charge in [-0.05, 0) is 18.2 Å². The van der Waals surface area contributed by atoms with E-state index in [1.54, 1.807) is 0 Å². The molecule has 4 N–H and O–H groups in total. The largest absolute Gasteiger partial charge is 0.424 e. The lowest BCUT2D eigenvalue weighted by molar-refractivity contribution is 0.400. The minimum absolute atomic E-state index is 0.119. The van der Waals surface area contributed by atoms with Crippen LogP contribution < -0.4 is 11.5 Å². The summed E-state index contributed by atoms with van der Waals surface area (Å²) in [5.74, 6) is 0.395. The SMILES string of the molecule is BC(B)(B)C(B)(n1nc(-c2ccc3oc(N)nc3c2)c2c(N)ncnc21)C(B)(B)B. The first-order valence-electron chi connectivity index (χ1n) is 10.0. The molecule has 0 bridgehead atoms. The van der Waals surface area contributed by atoms with E-state index in [4.69, 9.17) is 21.0 Å². The van der Waals surface area contributed by atoms with Crippen LogP contribution in [0.5, 0.6) is 0 Å². The van der Waals surface area contributed by atoms with Gasteiger partial charge in [0.05, 0.1) is 52.5 Å². The van der Waals surface area contributed by atoms with E-state index < -0.39 is 0 Å². The summed E-state index contributed by atoms with van der Waals surface area (Å²) in [7, 11) is 15.6. The van der Waals surface area contributed by atoms with Gasteiger partial charge in [0.2, 0.25) is 0 Å². The number of benzene rings is 1. The second-order valence-corrected chi connectivity index (χ2v) is 10.0. The number of rotatable bonds is 4. The third-order valence-corrected chi connectivity index (χ3v) is 6.52. The first-order chi connectivity index (χ1) is 13.8. The highest BCUT2D eigenvalue weighted by Gasteiger charge is 2.49. The van der Waals surface area contributed by atoms with Gasteiger partial charge in [0.1, 0.15) is 31.2 Å². The molecule has 0 fully saturated rings. The maximum absolute atomic E-state index is 6.33. The fraction of sp³-hybridized carbons (Fsp3) is 0.200. The molecule has 8 nitrogen and oxygen atoms in total. The molecule has 0 unspecified atom stereocenters. The first-order valence-corrected chi connectivity index (χ1v) is 10.0. The molecule has 0 aliphatic rings. The lowest BCUT2D eigenvalue weighted by Crippen LogP contribution is -2.57. The van der Waals surface area contributed by atoms with E-state index in [1.165, 1.54) is 6.33 Å². The number of hydrogen-bond donors (Lipinski definition) is 2. The highest BCUT2D eigenvalue weighted by molar-refractivity contribution is 6.68. The Morgan fingerprint density at radius 3 is 2.23 bits per heavy atom. The van der Waals surface area contributed by atoms with Crippen LogP contribution in [0.3, 0.4) is 0 Å². The first kappa shape index (κ1) is 20.6. The van der Waals surface area contributed by atoms with Gasteiger partial charge in [-0.2, -0.15) is 10.1 Å². The van der Waals surface area contributed by atoms with E-state index in [2.05, 4.69) is 69.9 Å². The fourth-order valence-corrected chi connectivity index (χ4v) is 4.34. The molecular weight excluding hydrogens is 370 g/mol. The van der Waals surface area contributed by atoms with Crippen molar-refractivity contribution in [1.82, 2.24) is 24.7 Å². The Balaban J connectivity index is 2.08. The van der Waals surface area contributed by atoms with Gasteiger partial charge in [0.15, 0.2) is 11.2 Å². The van der Waals surface area contributed by atoms with Gasteiger partial charge in [-0.1, -0.05) is 10.2 Å².